The lowest BCUT2D eigenvalue weighted by Gasteiger charge is -2.20. The number of hydrogen-bond donors (Lipinski definition) is 1. The van der Waals surface area contributed by atoms with Gasteiger partial charge in [-0.15, -0.1) is 0 Å². The summed E-state index contributed by atoms with van der Waals surface area (Å²) in [7, 11) is 0. The van der Waals surface area contributed by atoms with E-state index in [9.17, 15) is 8.78 Å². The zero-order valence-electron chi connectivity index (χ0n) is 11.2. The smallest absolute Gasteiger partial charge is 0.129 e. The molecule has 4 heteroatoms. The molecule has 0 heterocycles. The summed E-state index contributed by atoms with van der Waals surface area (Å²) >= 11 is 3.25. The van der Waals surface area contributed by atoms with Crippen LogP contribution < -0.4 is 5.32 Å². The van der Waals surface area contributed by atoms with Gasteiger partial charge in [-0.25, -0.2) is 8.78 Å². The Balaban J connectivity index is 2.38. The maximum absolute atomic E-state index is 14.1. The minimum absolute atomic E-state index is 0.274. The van der Waals surface area contributed by atoms with E-state index < -0.39 is 0 Å². The van der Waals surface area contributed by atoms with Gasteiger partial charge in [0.15, 0.2) is 0 Å². The Morgan fingerprint density at radius 3 is 2.40 bits per heavy atom. The summed E-state index contributed by atoms with van der Waals surface area (Å²) in [6.45, 7) is 2.81. The van der Waals surface area contributed by atoms with Crippen molar-refractivity contribution in [3.05, 3.63) is 69.7 Å². The molecule has 20 heavy (non-hydrogen) atoms. The van der Waals surface area contributed by atoms with Crippen molar-refractivity contribution in [3.63, 3.8) is 0 Å². The second-order valence-corrected chi connectivity index (χ2v) is 5.52. The van der Waals surface area contributed by atoms with Crippen LogP contribution in [0, 0.1) is 11.6 Å². The van der Waals surface area contributed by atoms with E-state index in [0.717, 1.165) is 18.5 Å². The monoisotopic (exact) mass is 339 g/mol. The molecule has 2 aromatic carbocycles. The van der Waals surface area contributed by atoms with Crippen LogP contribution >= 0.6 is 15.9 Å². The molecule has 0 aliphatic rings. The van der Waals surface area contributed by atoms with Crippen molar-refractivity contribution in [2.75, 3.05) is 6.54 Å². The van der Waals surface area contributed by atoms with Crippen molar-refractivity contribution in [2.24, 2.45) is 0 Å². The molecular formula is C16H16BrF2N. The van der Waals surface area contributed by atoms with Crippen LogP contribution in [0.3, 0.4) is 0 Å². The minimum Gasteiger partial charge on any atom is -0.306 e. The van der Waals surface area contributed by atoms with Gasteiger partial charge < -0.3 is 5.32 Å². The normalized spacial score (nSPS) is 12.4. The minimum atomic E-state index is -0.292. The van der Waals surface area contributed by atoms with Gasteiger partial charge in [-0.2, -0.15) is 0 Å². The maximum Gasteiger partial charge on any atom is 0.129 e. The lowest BCUT2D eigenvalue weighted by Crippen LogP contribution is -2.24. The number of benzene rings is 2. The molecule has 0 spiro atoms. The second kappa shape index (κ2) is 6.95. The largest absolute Gasteiger partial charge is 0.306 e. The van der Waals surface area contributed by atoms with Crippen molar-refractivity contribution < 1.29 is 8.78 Å². The highest BCUT2D eigenvalue weighted by Gasteiger charge is 2.17. The fourth-order valence-electron chi connectivity index (χ4n) is 2.09. The van der Waals surface area contributed by atoms with Crippen molar-refractivity contribution in [2.45, 2.75) is 19.4 Å². The molecule has 0 bridgehead atoms. The SMILES string of the molecule is CCCNC(c1ccc(F)cc1)c1ccc(Br)cc1F. The first-order chi connectivity index (χ1) is 9.61. The topological polar surface area (TPSA) is 12.0 Å². The van der Waals surface area contributed by atoms with E-state index >= 15 is 0 Å². The molecular weight excluding hydrogens is 324 g/mol. The Bertz CT molecular complexity index is 569. The summed E-state index contributed by atoms with van der Waals surface area (Å²) in [6.07, 6.45) is 0.940. The molecule has 0 saturated carbocycles. The summed E-state index contributed by atoms with van der Waals surface area (Å²) in [5, 5.41) is 3.30. The number of halogens is 3. The summed E-state index contributed by atoms with van der Waals surface area (Å²) in [5.41, 5.74) is 1.41. The van der Waals surface area contributed by atoms with E-state index in [1.807, 2.05) is 13.0 Å². The zero-order chi connectivity index (χ0) is 14.5. The maximum atomic E-state index is 14.1. The Hall–Kier alpha value is -1.26. The predicted octanol–water partition coefficient (Wildman–Crippen LogP) is 4.82. The molecule has 2 rings (SSSR count). The molecule has 0 aliphatic heterocycles. The highest BCUT2D eigenvalue weighted by atomic mass is 79.9. The van der Waals surface area contributed by atoms with Crippen LogP contribution in [0.15, 0.2) is 46.9 Å². The van der Waals surface area contributed by atoms with Gasteiger partial charge in [-0.05, 0) is 42.8 Å². The van der Waals surface area contributed by atoms with E-state index in [1.165, 1.54) is 18.2 Å². The first kappa shape index (κ1) is 15.1. The number of hydrogen-bond acceptors (Lipinski definition) is 1. The summed E-state index contributed by atoms with van der Waals surface area (Å²) in [4.78, 5) is 0. The van der Waals surface area contributed by atoms with Gasteiger partial charge in [0.2, 0.25) is 0 Å². The lowest BCUT2D eigenvalue weighted by atomic mass is 9.98. The molecule has 0 saturated heterocycles. The standard InChI is InChI=1S/C16H16BrF2N/c1-2-9-20-16(11-3-6-13(18)7-4-11)14-8-5-12(17)10-15(14)19/h3-8,10,16,20H,2,9H2,1H3. The highest BCUT2D eigenvalue weighted by Crippen LogP contribution is 2.26. The van der Waals surface area contributed by atoms with Crippen molar-refractivity contribution in [3.8, 4) is 0 Å². The van der Waals surface area contributed by atoms with Crippen LogP contribution in [-0.2, 0) is 0 Å². The van der Waals surface area contributed by atoms with Crippen molar-refractivity contribution in [1.82, 2.24) is 5.32 Å². The number of rotatable bonds is 5. The zero-order valence-corrected chi connectivity index (χ0v) is 12.8. The third kappa shape index (κ3) is 3.64. The van der Waals surface area contributed by atoms with Crippen LogP contribution in [0.1, 0.15) is 30.5 Å². The van der Waals surface area contributed by atoms with E-state index in [1.54, 1.807) is 18.2 Å². The molecule has 1 unspecified atom stereocenters. The summed E-state index contributed by atoms with van der Waals surface area (Å²) < 4.78 is 27.9. The first-order valence-corrected chi connectivity index (χ1v) is 7.35. The van der Waals surface area contributed by atoms with E-state index in [0.29, 0.717) is 10.0 Å². The van der Waals surface area contributed by atoms with E-state index in [2.05, 4.69) is 21.2 Å². The molecule has 0 aromatic heterocycles. The van der Waals surface area contributed by atoms with Crippen LogP contribution in [0.5, 0.6) is 0 Å². The molecule has 1 N–H and O–H groups in total. The fraction of sp³-hybridized carbons (Fsp3) is 0.250. The van der Waals surface area contributed by atoms with Gasteiger partial charge in [0, 0.05) is 10.0 Å². The molecule has 106 valence electrons. The first-order valence-electron chi connectivity index (χ1n) is 6.55. The van der Waals surface area contributed by atoms with Gasteiger partial charge >= 0.3 is 0 Å². The third-order valence-electron chi connectivity index (χ3n) is 3.08. The summed E-state index contributed by atoms with van der Waals surface area (Å²) in [5.74, 6) is -0.573. The fourth-order valence-corrected chi connectivity index (χ4v) is 2.42. The van der Waals surface area contributed by atoms with Crippen molar-refractivity contribution >= 4 is 15.9 Å². The van der Waals surface area contributed by atoms with Gasteiger partial charge in [-0.1, -0.05) is 41.1 Å². The Kier molecular flexibility index (Phi) is 5.26. The molecule has 0 amide bonds. The van der Waals surface area contributed by atoms with E-state index in [-0.39, 0.29) is 17.7 Å². The van der Waals surface area contributed by atoms with Gasteiger partial charge in [-0.3, -0.25) is 0 Å². The van der Waals surface area contributed by atoms with Gasteiger partial charge in [0.1, 0.15) is 11.6 Å². The molecule has 2 aromatic rings. The average Bonchev–Trinajstić information content (AvgIpc) is 2.42. The second-order valence-electron chi connectivity index (χ2n) is 4.60. The van der Waals surface area contributed by atoms with Gasteiger partial charge in [0.05, 0.1) is 6.04 Å². The Labute approximate surface area is 126 Å². The highest BCUT2D eigenvalue weighted by molar-refractivity contribution is 9.10. The number of nitrogens with one attached hydrogen (secondary N) is 1. The molecule has 0 aliphatic carbocycles. The van der Waals surface area contributed by atoms with Crippen molar-refractivity contribution in [1.29, 1.82) is 0 Å². The Morgan fingerprint density at radius 1 is 1.10 bits per heavy atom. The van der Waals surface area contributed by atoms with Gasteiger partial charge in [0.25, 0.3) is 0 Å². The summed E-state index contributed by atoms with van der Waals surface area (Å²) in [6, 6.07) is 10.9. The molecule has 0 fully saturated rings. The lowest BCUT2D eigenvalue weighted by molar-refractivity contribution is 0.545. The van der Waals surface area contributed by atoms with Crippen LogP contribution in [0.25, 0.3) is 0 Å². The van der Waals surface area contributed by atoms with E-state index in [4.69, 9.17) is 0 Å². The Morgan fingerprint density at radius 2 is 1.80 bits per heavy atom. The molecule has 1 atom stereocenters. The van der Waals surface area contributed by atoms with Crippen LogP contribution in [0.4, 0.5) is 8.78 Å². The predicted molar refractivity (Wildman–Crippen MR) is 80.6 cm³/mol. The third-order valence-corrected chi connectivity index (χ3v) is 3.57. The molecule has 0 radical (unpaired) electrons. The quantitative estimate of drug-likeness (QED) is 0.823. The molecule has 1 nitrogen and oxygen atoms in total. The van der Waals surface area contributed by atoms with Crippen LogP contribution in [-0.4, -0.2) is 6.54 Å². The average molecular weight is 340 g/mol. The van der Waals surface area contributed by atoms with Crippen LogP contribution in [0.2, 0.25) is 0 Å².